The van der Waals surface area contributed by atoms with Gasteiger partial charge in [0.1, 0.15) is 0 Å². The van der Waals surface area contributed by atoms with E-state index in [1.807, 2.05) is 4.90 Å². The lowest BCUT2D eigenvalue weighted by Crippen LogP contribution is -2.52. The SMILES string of the molecule is CC(C)N1CCN(C(=O)CNCCN2CCNCC2)CC1. The maximum absolute atomic E-state index is 12.1. The Morgan fingerprint density at radius 1 is 1.10 bits per heavy atom. The Bertz CT molecular complexity index is 309. The van der Waals surface area contributed by atoms with Crippen LogP contribution in [0, 0.1) is 0 Å². The molecule has 0 unspecified atom stereocenters. The minimum Gasteiger partial charge on any atom is -0.339 e. The molecule has 2 N–H and O–H groups in total. The van der Waals surface area contributed by atoms with E-state index < -0.39 is 0 Å². The minimum atomic E-state index is 0.249. The number of amides is 1. The highest BCUT2D eigenvalue weighted by atomic mass is 16.2. The zero-order chi connectivity index (χ0) is 15.1. The van der Waals surface area contributed by atoms with E-state index in [0.29, 0.717) is 12.6 Å². The van der Waals surface area contributed by atoms with Crippen molar-refractivity contribution in [2.24, 2.45) is 0 Å². The molecule has 0 radical (unpaired) electrons. The first kappa shape index (κ1) is 16.7. The first-order valence-electron chi connectivity index (χ1n) is 8.32. The maximum atomic E-state index is 12.1. The molecule has 0 aliphatic carbocycles. The molecule has 2 fully saturated rings. The van der Waals surface area contributed by atoms with Crippen molar-refractivity contribution in [1.29, 1.82) is 0 Å². The standard InChI is InChI=1S/C15H31N5O/c1-14(2)19-9-11-20(12-10-19)15(21)13-17-5-8-18-6-3-16-4-7-18/h14,16-17H,3-13H2,1-2H3. The summed E-state index contributed by atoms with van der Waals surface area (Å²) in [5.74, 6) is 0.249. The first-order chi connectivity index (χ1) is 10.2. The smallest absolute Gasteiger partial charge is 0.236 e. The second kappa shape index (κ2) is 8.68. The van der Waals surface area contributed by atoms with Crippen LogP contribution in [0.2, 0.25) is 0 Å². The third-order valence-corrected chi connectivity index (χ3v) is 4.49. The van der Waals surface area contributed by atoms with Gasteiger partial charge in [0.15, 0.2) is 0 Å². The number of nitrogens with one attached hydrogen (secondary N) is 2. The predicted molar refractivity (Wildman–Crippen MR) is 85.5 cm³/mol. The number of piperazine rings is 2. The van der Waals surface area contributed by atoms with Gasteiger partial charge in [-0.05, 0) is 13.8 Å². The molecule has 2 saturated heterocycles. The fourth-order valence-corrected chi connectivity index (χ4v) is 2.97. The van der Waals surface area contributed by atoms with Crippen molar-refractivity contribution in [2.75, 3.05) is 72.0 Å². The summed E-state index contributed by atoms with van der Waals surface area (Å²) in [6, 6.07) is 0.583. The van der Waals surface area contributed by atoms with E-state index in [2.05, 4.69) is 34.3 Å². The van der Waals surface area contributed by atoms with E-state index in [-0.39, 0.29) is 5.91 Å². The number of hydrogen-bond acceptors (Lipinski definition) is 5. The third kappa shape index (κ3) is 5.54. The van der Waals surface area contributed by atoms with Crippen LogP contribution in [-0.2, 0) is 4.79 Å². The summed E-state index contributed by atoms with van der Waals surface area (Å²) in [5.41, 5.74) is 0. The van der Waals surface area contributed by atoms with E-state index in [1.54, 1.807) is 0 Å². The lowest BCUT2D eigenvalue weighted by molar-refractivity contribution is -0.132. The Morgan fingerprint density at radius 2 is 1.76 bits per heavy atom. The Labute approximate surface area is 128 Å². The quantitative estimate of drug-likeness (QED) is 0.618. The summed E-state index contributed by atoms with van der Waals surface area (Å²) in [6.07, 6.45) is 0. The highest BCUT2D eigenvalue weighted by molar-refractivity contribution is 5.78. The van der Waals surface area contributed by atoms with Crippen molar-refractivity contribution in [3.8, 4) is 0 Å². The molecule has 0 aromatic carbocycles. The summed E-state index contributed by atoms with van der Waals surface area (Å²) in [6.45, 7) is 15.0. The van der Waals surface area contributed by atoms with Gasteiger partial charge in [-0.2, -0.15) is 0 Å². The summed E-state index contributed by atoms with van der Waals surface area (Å²) < 4.78 is 0. The van der Waals surface area contributed by atoms with Gasteiger partial charge in [0.2, 0.25) is 5.91 Å². The Morgan fingerprint density at radius 3 is 2.38 bits per heavy atom. The van der Waals surface area contributed by atoms with Crippen LogP contribution in [0.25, 0.3) is 0 Å². The summed E-state index contributed by atoms with van der Waals surface area (Å²) in [5, 5.41) is 6.65. The second-order valence-electron chi connectivity index (χ2n) is 6.28. The van der Waals surface area contributed by atoms with E-state index in [0.717, 1.165) is 65.4 Å². The fourth-order valence-electron chi connectivity index (χ4n) is 2.97. The largest absolute Gasteiger partial charge is 0.339 e. The normalized spacial score (nSPS) is 22.0. The van der Waals surface area contributed by atoms with Gasteiger partial charge in [0.25, 0.3) is 0 Å². The molecule has 2 aliphatic heterocycles. The van der Waals surface area contributed by atoms with Crippen molar-refractivity contribution in [2.45, 2.75) is 19.9 Å². The van der Waals surface area contributed by atoms with Crippen LogP contribution >= 0.6 is 0 Å². The maximum Gasteiger partial charge on any atom is 0.236 e. The van der Waals surface area contributed by atoms with Gasteiger partial charge < -0.3 is 15.5 Å². The molecule has 6 nitrogen and oxygen atoms in total. The van der Waals surface area contributed by atoms with Crippen molar-refractivity contribution in [1.82, 2.24) is 25.3 Å². The molecule has 2 rings (SSSR count). The number of carbonyl (C=O) groups is 1. The van der Waals surface area contributed by atoms with Gasteiger partial charge in [0.05, 0.1) is 6.54 Å². The molecule has 0 saturated carbocycles. The molecule has 0 aromatic rings. The van der Waals surface area contributed by atoms with Gasteiger partial charge in [-0.15, -0.1) is 0 Å². The van der Waals surface area contributed by atoms with Crippen molar-refractivity contribution >= 4 is 5.91 Å². The molecule has 2 heterocycles. The second-order valence-corrected chi connectivity index (χ2v) is 6.28. The number of rotatable bonds is 6. The zero-order valence-electron chi connectivity index (χ0n) is 13.6. The number of hydrogen-bond donors (Lipinski definition) is 2. The van der Waals surface area contributed by atoms with E-state index in [1.165, 1.54) is 0 Å². The van der Waals surface area contributed by atoms with Gasteiger partial charge in [-0.3, -0.25) is 14.6 Å². The monoisotopic (exact) mass is 297 g/mol. The topological polar surface area (TPSA) is 50.9 Å². The van der Waals surface area contributed by atoms with Gasteiger partial charge >= 0.3 is 0 Å². The molecule has 6 heteroatoms. The molecule has 2 aliphatic rings. The summed E-state index contributed by atoms with van der Waals surface area (Å²) in [4.78, 5) is 19.0. The average molecular weight is 297 g/mol. The Kier molecular flexibility index (Phi) is 6.89. The number of carbonyl (C=O) groups excluding carboxylic acids is 1. The van der Waals surface area contributed by atoms with Crippen molar-refractivity contribution in [3.05, 3.63) is 0 Å². The molecule has 1 amide bonds. The lowest BCUT2D eigenvalue weighted by Gasteiger charge is -2.37. The average Bonchev–Trinajstić information content (AvgIpc) is 2.52. The van der Waals surface area contributed by atoms with Crippen LogP contribution < -0.4 is 10.6 Å². The van der Waals surface area contributed by atoms with E-state index in [9.17, 15) is 4.79 Å². The Hall–Kier alpha value is -0.690. The van der Waals surface area contributed by atoms with Crippen LogP contribution in [0.3, 0.4) is 0 Å². The molecule has 21 heavy (non-hydrogen) atoms. The number of nitrogens with zero attached hydrogens (tertiary/aromatic N) is 3. The highest BCUT2D eigenvalue weighted by Gasteiger charge is 2.21. The van der Waals surface area contributed by atoms with Gasteiger partial charge in [-0.25, -0.2) is 0 Å². The predicted octanol–water partition coefficient (Wildman–Crippen LogP) is -0.966. The summed E-state index contributed by atoms with van der Waals surface area (Å²) >= 11 is 0. The minimum absolute atomic E-state index is 0.249. The molecular formula is C15H31N5O. The van der Waals surface area contributed by atoms with Crippen molar-refractivity contribution in [3.63, 3.8) is 0 Å². The van der Waals surface area contributed by atoms with Crippen LogP contribution in [0.15, 0.2) is 0 Å². The van der Waals surface area contributed by atoms with Crippen molar-refractivity contribution < 1.29 is 4.79 Å². The van der Waals surface area contributed by atoms with Crippen LogP contribution in [-0.4, -0.2) is 98.6 Å². The molecular weight excluding hydrogens is 266 g/mol. The highest BCUT2D eigenvalue weighted by Crippen LogP contribution is 2.05. The first-order valence-corrected chi connectivity index (χ1v) is 8.32. The zero-order valence-corrected chi connectivity index (χ0v) is 13.6. The fraction of sp³-hybridized carbons (Fsp3) is 0.933. The molecule has 0 spiro atoms. The van der Waals surface area contributed by atoms with E-state index >= 15 is 0 Å². The molecule has 0 bridgehead atoms. The molecule has 0 aromatic heterocycles. The van der Waals surface area contributed by atoms with E-state index in [4.69, 9.17) is 0 Å². The summed E-state index contributed by atoms with van der Waals surface area (Å²) in [7, 11) is 0. The van der Waals surface area contributed by atoms with Crippen LogP contribution in [0.1, 0.15) is 13.8 Å². The van der Waals surface area contributed by atoms with Crippen LogP contribution in [0.5, 0.6) is 0 Å². The van der Waals surface area contributed by atoms with Gasteiger partial charge in [-0.1, -0.05) is 0 Å². The van der Waals surface area contributed by atoms with Gasteiger partial charge in [0, 0.05) is 71.5 Å². The Balaban J connectivity index is 1.55. The lowest BCUT2D eigenvalue weighted by atomic mass is 10.2. The molecule has 122 valence electrons. The third-order valence-electron chi connectivity index (χ3n) is 4.49. The van der Waals surface area contributed by atoms with Crippen LogP contribution in [0.4, 0.5) is 0 Å². The molecule has 0 atom stereocenters.